The number of anilines is 1. The lowest BCUT2D eigenvalue weighted by atomic mass is 10.2. The molecule has 2 aromatic rings. The Labute approximate surface area is 188 Å². The number of morpholine rings is 1. The first-order chi connectivity index (χ1) is 15.2. The van der Waals surface area contributed by atoms with Crippen molar-refractivity contribution >= 4 is 27.6 Å². The third-order valence-electron chi connectivity index (χ3n) is 4.94. The van der Waals surface area contributed by atoms with Gasteiger partial charge in [-0.05, 0) is 62.7 Å². The molecule has 9 heteroatoms. The molecule has 1 aliphatic rings. The fourth-order valence-corrected chi connectivity index (χ4v) is 5.08. The topological polar surface area (TPSA) is 102 Å². The minimum Gasteiger partial charge on any atom is -0.462 e. The summed E-state index contributed by atoms with van der Waals surface area (Å²) in [5, 5.41) is 2.72. The molecule has 0 aliphatic carbocycles. The summed E-state index contributed by atoms with van der Waals surface area (Å²) in [7, 11) is -3.76. The number of rotatable bonds is 7. The van der Waals surface area contributed by atoms with Crippen LogP contribution in [0.25, 0.3) is 0 Å². The van der Waals surface area contributed by atoms with E-state index >= 15 is 0 Å². The van der Waals surface area contributed by atoms with Crippen LogP contribution in [0.4, 0.5) is 5.69 Å². The van der Waals surface area contributed by atoms with Crippen LogP contribution in [0.15, 0.2) is 53.4 Å². The second-order valence-corrected chi connectivity index (χ2v) is 9.71. The summed E-state index contributed by atoms with van der Waals surface area (Å²) in [6.07, 6.45) is 0.322. The maximum absolute atomic E-state index is 13.1. The maximum atomic E-state index is 13.1. The van der Waals surface area contributed by atoms with Gasteiger partial charge in [0.15, 0.2) is 0 Å². The van der Waals surface area contributed by atoms with Crippen LogP contribution in [0.3, 0.4) is 0 Å². The molecular weight excluding hydrogens is 432 g/mol. The Morgan fingerprint density at radius 3 is 2.34 bits per heavy atom. The van der Waals surface area contributed by atoms with Crippen molar-refractivity contribution in [1.82, 2.24) is 4.31 Å². The first kappa shape index (κ1) is 23.9. The molecular formula is C23H28N2O6S. The van der Waals surface area contributed by atoms with Gasteiger partial charge in [-0.2, -0.15) is 4.31 Å². The van der Waals surface area contributed by atoms with Crippen LogP contribution in [-0.4, -0.2) is 56.5 Å². The number of hydrogen-bond acceptors (Lipinski definition) is 6. The van der Waals surface area contributed by atoms with E-state index in [4.69, 9.17) is 9.47 Å². The highest BCUT2D eigenvalue weighted by atomic mass is 32.2. The second-order valence-electron chi connectivity index (χ2n) is 7.77. The van der Waals surface area contributed by atoms with Crippen LogP contribution in [0.5, 0.6) is 0 Å². The second kappa shape index (κ2) is 10.2. The normalized spacial score (nSPS) is 19.3. The molecule has 32 heavy (non-hydrogen) atoms. The van der Waals surface area contributed by atoms with E-state index in [1.165, 1.54) is 16.4 Å². The lowest BCUT2D eigenvalue weighted by Crippen LogP contribution is -2.48. The Balaban J connectivity index is 1.72. The van der Waals surface area contributed by atoms with E-state index in [-0.39, 0.29) is 35.8 Å². The Hall–Kier alpha value is -2.75. The zero-order valence-corrected chi connectivity index (χ0v) is 19.2. The van der Waals surface area contributed by atoms with Crippen LogP contribution >= 0.6 is 0 Å². The summed E-state index contributed by atoms with van der Waals surface area (Å²) < 4.78 is 38.3. The molecule has 1 amide bonds. The van der Waals surface area contributed by atoms with Gasteiger partial charge in [-0.3, -0.25) is 4.79 Å². The van der Waals surface area contributed by atoms with Gasteiger partial charge in [-0.1, -0.05) is 13.0 Å². The number of nitrogens with zero attached hydrogens (tertiary/aromatic N) is 1. The zero-order valence-electron chi connectivity index (χ0n) is 18.4. The van der Waals surface area contributed by atoms with Gasteiger partial charge in [0.1, 0.15) is 0 Å². The van der Waals surface area contributed by atoms with Crippen LogP contribution in [0.2, 0.25) is 0 Å². The number of ether oxygens (including phenoxy) is 2. The summed E-state index contributed by atoms with van der Waals surface area (Å²) in [4.78, 5) is 24.6. The molecule has 0 spiro atoms. The Kier molecular flexibility index (Phi) is 7.65. The van der Waals surface area contributed by atoms with Gasteiger partial charge < -0.3 is 14.8 Å². The van der Waals surface area contributed by atoms with E-state index in [2.05, 4.69) is 5.32 Å². The molecule has 0 bridgehead atoms. The summed E-state index contributed by atoms with van der Waals surface area (Å²) in [6, 6.07) is 12.3. The summed E-state index contributed by atoms with van der Waals surface area (Å²) >= 11 is 0. The lowest BCUT2D eigenvalue weighted by molar-refractivity contribution is -0.0440. The maximum Gasteiger partial charge on any atom is 0.338 e. The molecule has 2 atom stereocenters. The molecule has 1 saturated heterocycles. The Morgan fingerprint density at radius 1 is 1.06 bits per heavy atom. The molecule has 0 radical (unpaired) electrons. The fourth-order valence-electron chi connectivity index (χ4n) is 3.44. The molecule has 1 heterocycles. The van der Waals surface area contributed by atoms with Crippen molar-refractivity contribution < 1.29 is 27.5 Å². The molecule has 2 aromatic carbocycles. The third kappa shape index (κ3) is 5.73. The van der Waals surface area contributed by atoms with Crippen LogP contribution < -0.4 is 5.32 Å². The average Bonchev–Trinajstić information content (AvgIpc) is 2.77. The number of carbonyl (C=O) groups excluding carboxylic acids is 2. The number of esters is 1. The SMILES string of the molecule is CCCOC(=O)c1ccc(NC(=O)c2cccc(S(=O)(=O)N3CC(C)OC(C)C3)c2)cc1. The van der Waals surface area contributed by atoms with E-state index in [0.29, 0.717) is 17.9 Å². The molecule has 1 aliphatic heterocycles. The van der Waals surface area contributed by atoms with Crippen molar-refractivity contribution in [3.8, 4) is 0 Å². The number of carbonyl (C=O) groups is 2. The predicted octanol–water partition coefficient (Wildman–Crippen LogP) is 3.30. The molecule has 0 aromatic heterocycles. The Bertz CT molecular complexity index is 1060. The van der Waals surface area contributed by atoms with Crippen molar-refractivity contribution in [2.24, 2.45) is 0 Å². The van der Waals surface area contributed by atoms with E-state index in [1.54, 1.807) is 36.4 Å². The fraction of sp³-hybridized carbons (Fsp3) is 0.391. The number of sulfonamides is 1. The summed E-state index contributed by atoms with van der Waals surface area (Å²) in [5.41, 5.74) is 1.08. The van der Waals surface area contributed by atoms with Crippen LogP contribution in [0.1, 0.15) is 47.9 Å². The van der Waals surface area contributed by atoms with Gasteiger partial charge in [0, 0.05) is 24.3 Å². The minimum absolute atomic E-state index is 0.0560. The highest BCUT2D eigenvalue weighted by molar-refractivity contribution is 7.89. The first-order valence-electron chi connectivity index (χ1n) is 10.5. The van der Waals surface area contributed by atoms with E-state index < -0.39 is 21.9 Å². The monoisotopic (exact) mass is 460 g/mol. The summed E-state index contributed by atoms with van der Waals surface area (Å²) in [5.74, 6) is -0.874. The molecule has 2 unspecified atom stereocenters. The van der Waals surface area contributed by atoms with Gasteiger partial charge >= 0.3 is 5.97 Å². The highest BCUT2D eigenvalue weighted by Gasteiger charge is 2.32. The number of benzene rings is 2. The van der Waals surface area contributed by atoms with E-state index in [9.17, 15) is 18.0 Å². The van der Waals surface area contributed by atoms with Gasteiger partial charge in [-0.15, -0.1) is 0 Å². The first-order valence-corrected chi connectivity index (χ1v) is 12.0. The van der Waals surface area contributed by atoms with Gasteiger partial charge in [0.25, 0.3) is 5.91 Å². The largest absolute Gasteiger partial charge is 0.462 e. The van der Waals surface area contributed by atoms with Crippen molar-refractivity contribution in [2.45, 2.75) is 44.3 Å². The molecule has 1 N–H and O–H groups in total. The standard InChI is InChI=1S/C23H28N2O6S/c1-4-12-30-23(27)18-8-10-20(11-9-18)24-22(26)19-6-5-7-21(13-19)32(28,29)25-14-16(2)31-17(3)15-25/h5-11,13,16-17H,4,12,14-15H2,1-3H3,(H,24,26). The molecule has 172 valence electrons. The van der Waals surface area contributed by atoms with Crippen molar-refractivity contribution in [1.29, 1.82) is 0 Å². The van der Waals surface area contributed by atoms with Crippen molar-refractivity contribution in [3.63, 3.8) is 0 Å². The molecule has 1 fully saturated rings. The van der Waals surface area contributed by atoms with Crippen LogP contribution in [0, 0.1) is 0 Å². The van der Waals surface area contributed by atoms with Gasteiger partial charge in [0.05, 0.1) is 29.3 Å². The number of amides is 1. The quantitative estimate of drug-likeness (QED) is 0.636. The van der Waals surface area contributed by atoms with Gasteiger partial charge in [0.2, 0.25) is 10.0 Å². The third-order valence-corrected chi connectivity index (χ3v) is 6.76. The molecule has 8 nitrogen and oxygen atoms in total. The summed E-state index contributed by atoms with van der Waals surface area (Å²) in [6.45, 7) is 6.44. The van der Waals surface area contributed by atoms with Gasteiger partial charge in [-0.25, -0.2) is 13.2 Å². The lowest BCUT2D eigenvalue weighted by Gasteiger charge is -2.34. The van der Waals surface area contributed by atoms with Crippen molar-refractivity contribution in [2.75, 3.05) is 25.0 Å². The smallest absolute Gasteiger partial charge is 0.338 e. The average molecular weight is 461 g/mol. The molecule has 0 saturated carbocycles. The molecule has 3 rings (SSSR count). The predicted molar refractivity (Wildman–Crippen MR) is 120 cm³/mol. The highest BCUT2D eigenvalue weighted by Crippen LogP contribution is 2.22. The zero-order chi connectivity index (χ0) is 23.3. The van der Waals surface area contributed by atoms with Crippen molar-refractivity contribution in [3.05, 3.63) is 59.7 Å². The van der Waals surface area contributed by atoms with E-state index in [0.717, 1.165) is 6.42 Å². The van der Waals surface area contributed by atoms with E-state index in [1.807, 2.05) is 20.8 Å². The van der Waals surface area contributed by atoms with Crippen LogP contribution in [-0.2, 0) is 19.5 Å². The minimum atomic E-state index is -3.76. The number of hydrogen-bond donors (Lipinski definition) is 1. The number of nitrogens with one attached hydrogen (secondary N) is 1. The Morgan fingerprint density at radius 2 is 1.72 bits per heavy atom.